The normalized spacial score (nSPS) is 26.8. The van der Waals surface area contributed by atoms with E-state index in [0.29, 0.717) is 10.2 Å². The first kappa shape index (κ1) is 20.3. The van der Waals surface area contributed by atoms with Gasteiger partial charge < -0.3 is 15.0 Å². The van der Waals surface area contributed by atoms with E-state index in [1.807, 2.05) is 11.8 Å². The lowest BCUT2D eigenvalue weighted by molar-refractivity contribution is 0.156. The highest BCUT2D eigenvalue weighted by molar-refractivity contribution is 14.0. The molecule has 2 aliphatic heterocycles. The maximum atomic E-state index is 5.67. The lowest BCUT2D eigenvalue weighted by Gasteiger charge is -2.25. The second kappa shape index (κ2) is 8.69. The average molecular weight is 487 g/mol. The molecule has 6 heteroatoms. The number of benzene rings is 1. The quantitative estimate of drug-likeness (QED) is 0.387. The van der Waals surface area contributed by atoms with Gasteiger partial charge in [-0.2, -0.15) is 0 Å². The number of aliphatic imine (C=N–C) groups is 1. The molecular weight excluding hydrogens is 457 g/mol. The van der Waals surface area contributed by atoms with Crippen molar-refractivity contribution in [2.75, 3.05) is 39.4 Å². The van der Waals surface area contributed by atoms with E-state index in [2.05, 4.69) is 47.5 Å². The fourth-order valence-electron chi connectivity index (χ4n) is 3.90. The van der Waals surface area contributed by atoms with Crippen molar-refractivity contribution in [3.8, 4) is 0 Å². The molecule has 0 amide bonds. The monoisotopic (exact) mass is 487 g/mol. The molecule has 4 rings (SSSR count). The molecule has 144 valence electrons. The molecule has 0 aromatic heterocycles. The molecule has 0 radical (unpaired) electrons. The molecule has 1 N–H and O–H groups in total. The van der Waals surface area contributed by atoms with Gasteiger partial charge in [0.15, 0.2) is 5.96 Å². The van der Waals surface area contributed by atoms with Crippen LogP contribution >= 0.6 is 35.7 Å². The summed E-state index contributed by atoms with van der Waals surface area (Å²) in [6.45, 7) is 8.05. The fourth-order valence-corrected chi connectivity index (χ4v) is 5.13. The zero-order chi connectivity index (χ0) is 17.2. The molecule has 2 heterocycles. The fraction of sp³-hybridized carbons (Fsp3) is 0.650. The number of likely N-dealkylation sites (tertiary alicyclic amines) is 1. The molecule has 26 heavy (non-hydrogen) atoms. The zero-order valence-electron chi connectivity index (χ0n) is 15.6. The van der Waals surface area contributed by atoms with Gasteiger partial charge in [-0.3, -0.25) is 4.99 Å². The summed E-state index contributed by atoms with van der Waals surface area (Å²) in [5.41, 5.74) is 0.381. The summed E-state index contributed by atoms with van der Waals surface area (Å²) in [6, 6.07) is 10.8. The van der Waals surface area contributed by atoms with Gasteiger partial charge >= 0.3 is 0 Å². The van der Waals surface area contributed by atoms with Crippen LogP contribution in [0.15, 0.2) is 40.2 Å². The smallest absolute Gasteiger partial charge is 0.193 e. The summed E-state index contributed by atoms with van der Waals surface area (Å²) in [5, 5.41) is 3.52. The Morgan fingerprint density at radius 2 is 2.04 bits per heavy atom. The number of halogens is 1. The Labute approximate surface area is 178 Å². The second-order valence-electron chi connectivity index (χ2n) is 7.74. The predicted molar refractivity (Wildman–Crippen MR) is 120 cm³/mol. The molecule has 1 unspecified atom stereocenters. The Morgan fingerprint density at radius 3 is 2.69 bits per heavy atom. The molecule has 1 aliphatic carbocycles. The average Bonchev–Trinajstić information content (AvgIpc) is 3.06. The maximum absolute atomic E-state index is 5.67. The first-order valence-corrected chi connectivity index (χ1v) is 10.4. The van der Waals surface area contributed by atoms with Crippen molar-refractivity contribution < 1.29 is 4.74 Å². The van der Waals surface area contributed by atoms with E-state index in [1.54, 1.807) is 0 Å². The lowest BCUT2D eigenvalue weighted by atomic mass is 9.87. The maximum Gasteiger partial charge on any atom is 0.193 e. The van der Waals surface area contributed by atoms with Crippen LogP contribution in [0.25, 0.3) is 0 Å². The minimum absolute atomic E-state index is 0. The zero-order valence-corrected chi connectivity index (χ0v) is 18.7. The van der Waals surface area contributed by atoms with Gasteiger partial charge in [-0.15, -0.1) is 35.7 Å². The third-order valence-electron chi connectivity index (χ3n) is 5.66. The van der Waals surface area contributed by atoms with Crippen molar-refractivity contribution in [2.45, 2.75) is 42.2 Å². The number of rotatable bonds is 5. The van der Waals surface area contributed by atoms with Crippen LogP contribution in [0.4, 0.5) is 0 Å². The Hall–Kier alpha value is -0.470. The van der Waals surface area contributed by atoms with Gasteiger partial charge in [0.05, 0.1) is 13.2 Å². The van der Waals surface area contributed by atoms with Gasteiger partial charge in [-0.05, 0) is 44.7 Å². The topological polar surface area (TPSA) is 36.9 Å². The molecule has 3 fully saturated rings. The van der Waals surface area contributed by atoms with Crippen molar-refractivity contribution in [2.24, 2.45) is 10.4 Å². The van der Waals surface area contributed by atoms with Gasteiger partial charge in [0.2, 0.25) is 0 Å². The first-order valence-electron chi connectivity index (χ1n) is 9.58. The highest BCUT2D eigenvalue weighted by Crippen LogP contribution is 2.52. The number of thioether (sulfide) groups is 1. The standard InChI is InChI=1S/C20H29N3OS.HI/c1-2-21-18(23-12-10-19(15-23)11-13-24-16-19)22-14-20(8-9-20)25-17-6-4-3-5-7-17;/h3-7H,2,8-16H2,1H3,(H,21,22);1H. The minimum Gasteiger partial charge on any atom is -0.381 e. The van der Waals surface area contributed by atoms with Crippen LogP contribution in [-0.2, 0) is 4.74 Å². The Kier molecular flexibility index (Phi) is 6.78. The summed E-state index contributed by atoms with van der Waals surface area (Å²) < 4.78 is 5.99. The van der Waals surface area contributed by atoms with E-state index < -0.39 is 0 Å². The minimum atomic E-state index is 0. The number of hydrogen-bond acceptors (Lipinski definition) is 3. The summed E-state index contributed by atoms with van der Waals surface area (Å²) in [5.74, 6) is 1.10. The van der Waals surface area contributed by atoms with Gasteiger partial charge in [-0.1, -0.05) is 18.2 Å². The van der Waals surface area contributed by atoms with Gasteiger partial charge in [0.25, 0.3) is 0 Å². The van der Waals surface area contributed by atoms with Crippen LogP contribution < -0.4 is 5.32 Å². The molecule has 1 aromatic rings. The number of nitrogens with one attached hydrogen (secondary N) is 1. The third-order valence-corrected chi connectivity index (χ3v) is 7.14. The molecule has 2 saturated heterocycles. The van der Waals surface area contributed by atoms with Crippen LogP contribution in [0.5, 0.6) is 0 Å². The molecule has 4 nitrogen and oxygen atoms in total. The van der Waals surface area contributed by atoms with Crippen molar-refractivity contribution in [1.29, 1.82) is 0 Å². The molecule has 1 atom stereocenters. The van der Waals surface area contributed by atoms with Crippen molar-refractivity contribution in [1.82, 2.24) is 10.2 Å². The van der Waals surface area contributed by atoms with Crippen LogP contribution in [0.1, 0.15) is 32.6 Å². The highest BCUT2D eigenvalue weighted by Gasteiger charge is 2.45. The summed E-state index contributed by atoms with van der Waals surface area (Å²) in [7, 11) is 0. The van der Waals surface area contributed by atoms with Crippen molar-refractivity contribution in [3.63, 3.8) is 0 Å². The molecule has 3 aliphatic rings. The van der Waals surface area contributed by atoms with Gasteiger partial charge in [-0.25, -0.2) is 0 Å². The lowest BCUT2D eigenvalue weighted by Crippen LogP contribution is -2.42. The van der Waals surface area contributed by atoms with Crippen LogP contribution in [-0.4, -0.2) is 55.0 Å². The molecule has 1 saturated carbocycles. The Balaban J connectivity index is 0.00000196. The van der Waals surface area contributed by atoms with E-state index >= 15 is 0 Å². The Morgan fingerprint density at radius 1 is 1.23 bits per heavy atom. The third kappa shape index (κ3) is 4.68. The first-order chi connectivity index (χ1) is 12.2. The molecule has 0 bridgehead atoms. The van der Waals surface area contributed by atoms with E-state index in [9.17, 15) is 0 Å². The molecule has 1 aromatic carbocycles. The number of nitrogens with zero attached hydrogens (tertiary/aromatic N) is 2. The van der Waals surface area contributed by atoms with Crippen LogP contribution in [0.2, 0.25) is 0 Å². The second-order valence-corrected chi connectivity index (χ2v) is 9.28. The van der Waals surface area contributed by atoms with Crippen molar-refractivity contribution >= 4 is 41.7 Å². The summed E-state index contributed by atoms with van der Waals surface area (Å²) >= 11 is 2.01. The Bertz CT molecular complexity index is 615. The summed E-state index contributed by atoms with van der Waals surface area (Å²) in [6.07, 6.45) is 4.98. The summed E-state index contributed by atoms with van der Waals surface area (Å²) in [4.78, 5) is 8.87. The SMILES string of the molecule is CCNC(=NCC1(Sc2ccccc2)CC1)N1CCC2(CCOC2)C1.I. The van der Waals surface area contributed by atoms with Crippen LogP contribution in [0, 0.1) is 5.41 Å². The molecule has 1 spiro atoms. The largest absolute Gasteiger partial charge is 0.381 e. The molecular formula is C20H30IN3OS. The number of ether oxygens (including phenoxy) is 1. The highest BCUT2D eigenvalue weighted by atomic mass is 127. The van der Waals surface area contributed by atoms with Crippen LogP contribution in [0.3, 0.4) is 0 Å². The number of guanidine groups is 1. The van der Waals surface area contributed by atoms with E-state index in [1.165, 1.54) is 30.6 Å². The van der Waals surface area contributed by atoms with E-state index in [-0.39, 0.29) is 24.0 Å². The predicted octanol–water partition coefficient (Wildman–Crippen LogP) is 4.01. The van der Waals surface area contributed by atoms with E-state index in [4.69, 9.17) is 9.73 Å². The van der Waals surface area contributed by atoms with E-state index in [0.717, 1.165) is 45.4 Å². The van der Waals surface area contributed by atoms with Gasteiger partial charge in [0, 0.05) is 41.3 Å². The van der Waals surface area contributed by atoms with Crippen molar-refractivity contribution in [3.05, 3.63) is 30.3 Å². The number of hydrogen-bond donors (Lipinski definition) is 1. The van der Waals surface area contributed by atoms with Gasteiger partial charge in [0.1, 0.15) is 0 Å².